The number of carboxylic acids is 1. The van der Waals surface area contributed by atoms with E-state index in [4.69, 9.17) is 10.4 Å². The summed E-state index contributed by atoms with van der Waals surface area (Å²) in [6.45, 7) is 0. The molecule has 7 nitrogen and oxygen atoms in total. The Morgan fingerprint density at radius 1 is 1.24 bits per heavy atom. The van der Waals surface area contributed by atoms with Gasteiger partial charge in [0.25, 0.3) is 10.0 Å². The number of hydrogen-bond donors (Lipinski definition) is 2. The fourth-order valence-corrected chi connectivity index (χ4v) is 2.75. The molecule has 0 spiro atoms. The van der Waals surface area contributed by atoms with Crippen LogP contribution in [0.4, 0.5) is 5.69 Å². The van der Waals surface area contributed by atoms with Crippen LogP contribution < -0.4 is 4.72 Å². The lowest BCUT2D eigenvalue weighted by Crippen LogP contribution is -2.15. The van der Waals surface area contributed by atoms with E-state index in [1.807, 2.05) is 0 Å². The average Bonchev–Trinajstić information content (AvgIpc) is 2.47. The van der Waals surface area contributed by atoms with Gasteiger partial charge in [0.05, 0.1) is 5.56 Å². The molecule has 0 fully saturated rings. The van der Waals surface area contributed by atoms with Crippen LogP contribution in [0.2, 0.25) is 0 Å². The van der Waals surface area contributed by atoms with Crippen molar-refractivity contribution in [2.24, 2.45) is 0 Å². The lowest BCUT2D eigenvalue weighted by Gasteiger charge is -2.08. The Hall–Kier alpha value is -2.92. The van der Waals surface area contributed by atoms with Crippen molar-refractivity contribution >= 4 is 21.7 Å². The average molecular weight is 303 g/mol. The molecule has 2 rings (SSSR count). The number of benzene rings is 1. The van der Waals surface area contributed by atoms with E-state index in [9.17, 15) is 13.2 Å². The summed E-state index contributed by atoms with van der Waals surface area (Å²) >= 11 is 0. The first-order valence-corrected chi connectivity index (χ1v) is 7.13. The number of carboxylic acid groups (broad SMARTS) is 1. The van der Waals surface area contributed by atoms with Crippen molar-refractivity contribution in [3.63, 3.8) is 0 Å². The molecule has 2 aromatic rings. The SMILES string of the molecule is N#Cc1ncccc1S(=O)(=O)Nc1ccc(C(=O)O)cc1. The number of aromatic nitrogens is 1. The van der Waals surface area contributed by atoms with Gasteiger partial charge in [-0.15, -0.1) is 0 Å². The topological polar surface area (TPSA) is 120 Å². The van der Waals surface area contributed by atoms with Gasteiger partial charge in [0.15, 0.2) is 5.69 Å². The minimum atomic E-state index is -3.97. The van der Waals surface area contributed by atoms with Crippen LogP contribution in [0.3, 0.4) is 0 Å². The smallest absolute Gasteiger partial charge is 0.335 e. The number of hydrogen-bond acceptors (Lipinski definition) is 5. The standard InChI is InChI=1S/C13H9N3O4S/c14-8-11-12(2-1-7-15-11)21(19,20)16-10-5-3-9(4-6-10)13(17)18/h1-7,16H,(H,17,18). The van der Waals surface area contributed by atoms with E-state index in [0.29, 0.717) is 0 Å². The van der Waals surface area contributed by atoms with E-state index in [1.54, 1.807) is 6.07 Å². The number of rotatable bonds is 4. The lowest BCUT2D eigenvalue weighted by molar-refractivity contribution is 0.0697. The Balaban J connectivity index is 2.34. The number of pyridine rings is 1. The Bertz CT molecular complexity index is 823. The van der Waals surface area contributed by atoms with Crippen LogP contribution in [-0.4, -0.2) is 24.5 Å². The van der Waals surface area contributed by atoms with Gasteiger partial charge in [0.2, 0.25) is 0 Å². The molecule has 0 aliphatic heterocycles. The minimum absolute atomic E-state index is 0.0389. The number of sulfonamides is 1. The molecule has 1 aromatic carbocycles. The van der Waals surface area contributed by atoms with Crippen LogP contribution >= 0.6 is 0 Å². The fourth-order valence-electron chi connectivity index (χ4n) is 1.58. The maximum Gasteiger partial charge on any atom is 0.335 e. The highest BCUT2D eigenvalue weighted by Gasteiger charge is 2.19. The monoisotopic (exact) mass is 303 g/mol. The minimum Gasteiger partial charge on any atom is -0.478 e. The van der Waals surface area contributed by atoms with Crippen molar-refractivity contribution in [1.82, 2.24) is 4.98 Å². The first-order valence-electron chi connectivity index (χ1n) is 5.65. The van der Waals surface area contributed by atoms with Gasteiger partial charge >= 0.3 is 5.97 Å². The molecule has 8 heteroatoms. The van der Waals surface area contributed by atoms with Gasteiger partial charge in [-0.25, -0.2) is 18.2 Å². The molecule has 0 unspecified atom stereocenters. The molecule has 1 aromatic heterocycles. The maximum absolute atomic E-state index is 12.2. The Kier molecular flexibility index (Phi) is 3.86. The van der Waals surface area contributed by atoms with E-state index in [0.717, 1.165) is 0 Å². The van der Waals surface area contributed by atoms with E-state index >= 15 is 0 Å². The van der Waals surface area contributed by atoms with E-state index in [1.165, 1.54) is 42.6 Å². The third kappa shape index (κ3) is 3.16. The van der Waals surface area contributed by atoms with Gasteiger partial charge in [0.1, 0.15) is 11.0 Å². The van der Waals surface area contributed by atoms with Crippen molar-refractivity contribution in [3.8, 4) is 6.07 Å². The Labute approximate surface area is 120 Å². The molecule has 1 heterocycles. The highest BCUT2D eigenvalue weighted by molar-refractivity contribution is 7.92. The van der Waals surface area contributed by atoms with Gasteiger partial charge in [-0.2, -0.15) is 5.26 Å². The van der Waals surface area contributed by atoms with Crippen LogP contribution in [0.1, 0.15) is 16.1 Å². The molecule has 0 bridgehead atoms. The van der Waals surface area contributed by atoms with Crippen LogP contribution in [-0.2, 0) is 10.0 Å². The summed E-state index contributed by atoms with van der Waals surface area (Å²) < 4.78 is 26.6. The van der Waals surface area contributed by atoms with Crippen LogP contribution in [0.5, 0.6) is 0 Å². The lowest BCUT2D eigenvalue weighted by atomic mass is 10.2. The molecule has 0 aliphatic rings. The molecule has 0 radical (unpaired) electrons. The quantitative estimate of drug-likeness (QED) is 0.882. The van der Waals surface area contributed by atoms with Gasteiger partial charge in [-0.05, 0) is 36.4 Å². The van der Waals surface area contributed by atoms with E-state index < -0.39 is 16.0 Å². The van der Waals surface area contributed by atoms with Crippen LogP contribution in [0.25, 0.3) is 0 Å². The first kappa shape index (κ1) is 14.5. The Morgan fingerprint density at radius 2 is 1.90 bits per heavy atom. The molecule has 0 atom stereocenters. The third-order valence-corrected chi connectivity index (χ3v) is 3.96. The fraction of sp³-hybridized carbons (Fsp3) is 0. The zero-order valence-corrected chi connectivity index (χ0v) is 11.3. The summed E-state index contributed by atoms with van der Waals surface area (Å²) in [6, 6.07) is 9.56. The van der Waals surface area contributed by atoms with Crippen LogP contribution in [0, 0.1) is 11.3 Å². The van der Waals surface area contributed by atoms with Crippen molar-refractivity contribution in [2.45, 2.75) is 4.90 Å². The third-order valence-electron chi connectivity index (χ3n) is 2.55. The predicted molar refractivity (Wildman–Crippen MR) is 73.2 cm³/mol. The summed E-state index contributed by atoms with van der Waals surface area (Å²) in [4.78, 5) is 14.2. The predicted octanol–water partition coefficient (Wildman–Crippen LogP) is 1.45. The number of carbonyl (C=O) groups is 1. The number of nitriles is 1. The van der Waals surface area contributed by atoms with Crippen molar-refractivity contribution in [2.75, 3.05) is 4.72 Å². The highest BCUT2D eigenvalue weighted by Crippen LogP contribution is 2.18. The summed E-state index contributed by atoms with van der Waals surface area (Å²) in [5.41, 5.74) is 0.0111. The largest absolute Gasteiger partial charge is 0.478 e. The molecular formula is C13H9N3O4S. The number of nitrogens with zero attached hydrogens (tertiary/aromatic N) is 2. The molecule has 0 aliphatic carbocycles. The van der Waals surface area contributed by atoms with E-state index in [2.05, 4.69) is 9.71 Å². The molecule has 106 valence electrons. The summed E-state index contributed by atoms with van der Waals surface area (Å²) in [5, 5.41) is 17.6. The summed E-state index contributed by atoms with van der Waals surface area (Å²) in [7, 11) is -3.97. The zero-order chi connectivity index (χ0) is 15.5. The van der Waals surface area contributed by atoms with Gasteiger partial charge < -0.3 is 5.11 Å². The van der Waals surface area contributed by atoms with E-state index in [-0.39, 0.29) is 21.8 Å². The number of aromatic carboxylic acids is 1. The second-order valence-corrected chi connectivity index (χ2v) is 5.60. The summed E-state index contributed by atoms with van der Waals surface area (Å²) in [5.74, 6) is -1.11. The molecule has 0 saturated carbocycles. The van der Waals surface area contributed by atoms with Crippen LogP contribution in [0.15, 0.2) is 47.5 Å². The first-order chi connectivity index (χ1) is 9.94. The normalized spacial score (nSPS) is 10.6. The molecular weight excluding hydrogens is 294 g/mol. The van der Waals surface area contributed by atoms with Crippen molar-refractivity contribution < 1.29 is 18.3 Å². The van der Waals surface area contributed by atoms with Gasteiger partial charge in [-0.3, -0.25) is 4.72 Å². The Morgan fingerprint density at radius 3 is 2.48 bits per heavy atom. The number of nitrogens with one attached hydrogen (secondary N) is 1. The second-order valence-electron chi connectivity index (χ2n) is 3.95. The van der Waals surface area contributed by atoms with Gasteiger partial charge in [-0.1, -0.05) is 0 Å². The zero-order valence-electron chi connectivity index (χ0n) is 10.5. The summed E-state index contributed by atoms with van der Waals surface area (Å²) in [6.07, 6.45) is 1.32. The maximum atomic E-state index is 12.2. The van der Waals surface area contributed by atoms with Crippen molar-refractivity contribution in [1.29, 1.82) is 5.26 Å². The van der Waals surface area contributed by atoms with Crippen molar-refractivity contribution in [3.05, 3.63) is 53.9 Å². The number of anilines is 1. The highest BCUT2D eigenvalue weighted by atomic mass is 32.2. The molecule has 21 heavy (non-hydrogen) atoms. The van der Waals surface area contributed by atoms with Gasteiger partial charge in [0, 0.05) is 11.9 Å². The molecule has 0 saturated heterocycles. The molecule has 2 N–H and O–H groups in total. The second kappa shape index (κ2) is 5.60. The molecule has 0 amide bonds.